The second-order valence-corrected chi connectivity index (χ2v) is 6.05. The molecule has 1 aliphatic heterocycles. The van der Waals surface area contributed by atoms with E-state index < -0.39 is 6.10 Å². The number of hydrogen-bond acceptors (Lipinski definition) is 5. The Bertz CT molecular complexity index is 485. The predicted octanol–water partition coefficient (Wildman–Crippen LogP) is 1.94. The second kappa shape index (κ2) is 10.2. The molecule has 1 atom stereocenters. The van der Waals surface area contributed by atoms with Crippen molar-refractivity contribution in [3.05, 3.63) is 24.3 Å². The molecule has 2 N–H and O–H groups in total. The molecule has 1 fully saturated rings. The van der Waals surface area contributed by atoms with E-state index >= 15 is 0 Å². The molecular weight excluding hydrogens is 310 g/mol. The van der Waals surface area contributed by atoms with Gasteiger partial charge < -0.3 is 24.6 Å². The fourth-order valence-electron chi connectivity index (χ4n) is 2.62. The first-order valence-corrected chi connectivity index (χ1v) is 8.60. The first kappa shape index (κ1) is 18.5. The van der Waals surface area contributed by atoms with Crippen molar-refractivity contribution in [1.29, 1.82) is 0 Å². The minimum atomic E-state index is -0.520. The Morgan fingerprint density at radius 3 is 2.58 bits per heavy atom. The van der Waals surface area contributed by atoms with Gasteiger partial charge in [-0.05, 0) is 37.1 Å². The molecular formula is C18H27NO5. The van der Waals surface area contributed by atoms with Crippen LogP contribution in [-0.4, -0.2) is 60.0 Å². The van der Waals surface area contributed by atoms with Crippen LogP contribution in [0.2, 0.25) is 0 Å². The van der Waals surface area contributed by atoms with Gasteiger partial charge in [-0.3, -0.25) is 4.79 Å². The molecule has 1 aromatic carbocycles. The number of hydrogen-bond donors (Lipinski definition) is 2. The number of nitrogens with zero attached hydrogens (tertiary/aromatic N) is 1. The van der Waals surface area contributed by atoms with Gasteiger partial charge in [0.2, 0.25) is 5.91 Å². The van der Waals surface area contributed by atoms with Crippen molar-refractivity contribution in [3.8, 4) is 11.5 Å². The van der Waals surface area contributed by atoms with E-state index in [1.807, 2.05) is 4.90 Å². The molecule has 134 valence electrons. The zero-order valence-corrected chi connectivity index (χ0v) is 14.0. The second-order valence-electron chi connectivity index (χ2n) is 6.05. The molecule has 2 rings (SSSR count). The molecule has 0 unspecified atom stereocenters. The Balaban J connectivity index is 1.50. The summed E-state index contributed by atoms with van der Waals surface area (Å²) in [6, 6.07) is 6.43. The van der Waals surface area contributed by atoms with Crippen LogP contribution in [0.3, 0.4) is 0 Å². The maximum atomic E-state index is 12.0. The monoisotopic (exact) mass is 337 g/mol. The number of aliphatic hydroxyl groups excluding tert-OH is 1. The standard InChI is InChI=1S/C18H27NO5/c20-15-6-8-17(9-7-15)24-14-16(21)4-2-1-3-5-18(22)19-10-12-23-13-11-19/h6-9,16,20-21H,1-5,10-14H2/t16-/m0/s1. The van der Waals surface area contributed by atoms with Gasteiger partial charge in [0.05, 0.1) is 19.3 Å². The molecule has 0 spiro atoms. The summed E-state index contributed by atoms with van der Waals surface area (Å²) in [4.78, 5) is 13.8. The molecule has 0 aromatic heterocycles. The summed E-state index contributed by atoms with van der Waals surface area (Å²) in [6.45, 7) is 2.91. The minimum Gasteiger partial charge on any atom is -0.508 e. The number of phenols is 1. The van der Waals surface area contributed by atoms with Gasteiger partial charge in [-0.25, -0.2) is 0 Å². The number of aliphatic hydroxyl groups is 1. The van der Waals surface area contributed by atoms with Crippen LogP contribution in [0, 0.1) is 0 Å². The molecule has 6 heteroatoms. The average molecular weight is 337 g/mol. The zero-order valence-electron chi connectivity index (χ0n) is 14.0. The first-order valence-electron chi connectivity index (χ1n) is 8.60. The number of unbranched alkanes of at least 4 members (excludes halogenated alkanes) is 2. The van der Waals surface area contributed by atoms with Crippen molar-refractivity contribution >= 4 is 5.91 Å². The molecule has 1 amide bonds. The number of rotatable bonds is 9. The van der Waals surface area contributed by atoms with Crippen molar-refractivity contribution in [1.82, 2.24) is 4.90 Å². The molecule has 0 bridgehead atoms. The van der Waals surface area contributed by atoms with Crippen LogP contribution in [-0.2, 0) is 9.53 Å². The van der Waals surface area contributed by atoms with Gasteiger partial charge in [0, 0.05) is 19.5 Å². The van der Waals surface area contributed by atoms with E-state index in [-0.39, 0.29) is 18.3 Å². The topological polar surface area (TPSA) is 79.2 Å². The highest BCUT2D eigenvalue weighted by Gasteiger charge is 2.16. The van der Waals surface area contributed by atoms with Gasteiger partial charge in [-0.15, -0.1) is 0 Å². The molecule has 1 saturated heterocycles. The number of carbonyl (C=O) groups is 1. The lowest BCUT2D eigenvalue weighted by atomic mass is 10.1. The summed E-state index contributed by atoms with van der Waals surface area (Å²) in [6.07, 6.45) is 3.35. The van der Waals surface area contributed by atoms with Crippen molar-refractivity contribution in [2.45, 2.75) is 38.2 Å². The largest absolute Gasteiger partial charge is 0.508 e. The SMILES string of the molecule is O=C(CCCCC[C@H](O)COc1ccc(O)cc1)N1CCOCC1. The van der Waals surface area contributed by atoms with Crippen LogP contribution in [0.15, 0.2) is 24.3 Å². The number of ether oxygens (including phenoxy) is 2. The van der Waals surface area contributed by atoms with Crippen molar-refractivity contribution in [2.24, 2.45) is 0 Å². The molecule has 0 radical (unpaired) electrons. The highest BCUT2D eigenvalue weighted by atomic mass is 16.5. The van der Waals surface area contributed by atoms with Crippen LogP contribution in [0.25, 0.3) is 0 Å². The fraction of sp³-hybridized carbons (Fsp3) is 0.611. The van der Waals surface area contributed by atoms with Crippen LogP contribution in [0.5, 0.6) is 11.5 Å². The van der Waals surface area contributed by atoms with Crippen molar-refractivity contribution < 1.29 is 24.5 Å². The normalized spacial score (nSPS) is 16.0. The summed E-state index contributed by atoms with van der Waals surface area (Å²) in [5.41, 5.74) is 0. The number of amides is 1. The highest BCUT2D eigenvalue weighted by Crippen LogP contribution is 2.16. The Morgan fingerprint density at radius 2 is 1.88 bits per heavy atom. The predicted molar refractivity (Wildman–Crippen MR) is 90.1 cm³/mol. The molecule has 1 aromatic rings. The summed E-state index contributed by atoms with van der Waals surface area (Å²) < 4.78 is 10.7. The minimum absolute atomic E-state index is 0.189. The summed E-state index contributed by atoms with van der Waals surface area (Å²) in [7, 11) is 0. The Kier molecular flexibility index (Phi) is 7.85. The zero-order chi connectivity index (χ0) is 17.2. The lowest BCUT2D eigenvalue weighted by Crippen LogP contribution is -2.40. The number of morpholine rings is 1. The Morgan fingerprint density at radius 1 is 1.17 bits per heavy atom. The van der Waals surface area contributed by atoms with E-state index in [1.165, 1.54) is 0 Å². The summed E-state index contributed by atoms with van der Waals surface area (Å²) in [5.74, 6) is 1.02. The first-order chi connectivity index (χ1) is 11.6. The lowest BCUT2D eigenvalue weighted by Gasteiger charge is -2.26. The van der Waals surface area contributed by atoms with Crippen LogP contribution < -0.4 is 4.74 Å². The van der Waals surface area contributed by atoms with Crippen LogP contribution >= 0.6 is 0 Å². The van der Waals surface area contributed by atoms with E-state index in [4.69, 9.17) is 9.47 Å². The molecule has 1 heterocycles. The van der Waals surface area contributed by atoms with Crippen molar-refractivity contribution in [2.75, 3.05) is 32.9 Å². The number of benzene rings is 1. The van der Waals surface area contributed by atoms with E-state index in [1.54, 1.807) is 24.3 Å². The maximum Gasteiger partial charge on any atom is 0.222 e. The Hall–Kier alpha value is -1.79. The van der Waals surface area contributed by atoms with E-state index in [0.717, 1.165) is 19.3 Å². The van der Waals surface area contributed by atoms with Gasteiger partial charge in [0.25, 0.3) is 0 Å². The van der Waals surface area contributed by atoms with E-state index in [9.17, 15) is 15.0 Å². The molecule has 0 saturated carbocycles. The van der Waals surface area contributed by atoms with Crippen LogP contribution in [0.4, 0.5) is 0 Å². The average Bonchev–Trinajstić information content (AvgIpc) is 2.61. The third-order valence-corrected chi connectivity index (χ3v) is 4.07. The van der Waals surface area contributed by atoms with Gasteiger partial charge in [-0.2, -0.15) is 0 Å². The third-order valence-electron chi connectivity index (χ3n) is 4.07. The van der Waals surface area contributed by atoms with Gasteiger partial charge in [-0.1, -0.05) is 12.8 Å². The van der Waals surface area contributed by atoms with Gasteiger partial charge in [0.15, 0.2) is 0 Å². The fourth-order valence-corrected chi connectivity index (χ4v) is 2.62. The summed E-state index contributed by atoms with van der Waals surface area (Å²) >= 11 is 0. The third kappa shape index (κ3) is 6.76. The molecule has 24 heavy (non-hydrogen) atoms. The smallest absolute Gasteiger partial charge is 0.222 e. The van der Waals surface area contributed by atoms with Gasteiger partial charge in [0.1, 0.15) is 18.1 Å². The Labute approximate surface area is 143 Å². The van der Waals surface area contributed by atoms with E-state index in [0.29, 0.717) is 44.9 Å². The van der Waals surface area contributed by atoms with E-state index in [2.05, 4.69) is 0 Å². The molecule has 1 aliphatic rings. The number of aromatic hydroxyl groups is 1. The number of carbonyl (C=O) groups excluding carboxylic acids is 1. The van der Waals surface area contributed by atoms with Gasteiger partial charge >= 0.3 is 0 Å². The summed E-state index contributed by atoms with van der Waals surface area (Å²) in [5, 5.41) is 19.1. The lowest BCUT2D eigenvalue weighted by molar-refractivity contribution is -0.135. The van der Waals surface area contributed by atoms with Crippen LogP contribution in [0.1, 0.15) is 32.1 Å². The molecule has 6 nitrogen and oxygen atoms in total. The number of phenolic OH excluding ortho intramolecular Hbond substituents is 1. The maximum absolute atomic E-state index is 12.0. The molecule has 0 aliphatic carbocycles. The quantitative estimate of drug-likeness (QED) is 0.673. The highest BCUT2D eigenvalue weighted by molar-refractivity contribution is 5.76. The van der Waals surface area contributed by atoms with Crippen molar-refractivity contribution in [3.63, 3.8) is 0 Å².